The molecule has 1 aromatic rings. The first-order valence-corrected chi connectivity index (χ1v) is 6.57. The number of likely N-dealkylation sites (N-methyl/N-ethyl adjacent to an activating group) is 1. The number of rotatable bonds is 3. The van der Waals surface area contributed by atoms with E-state index in [1.807, 2.05) is 11.8 Å². The summed E-state index contributed by atoms with van der Waals surface area (Å²) in [5.41, 5.74) is 0. The molecule has 6 nitrogen and oxygen atoms in total. The minimum absolute atomic E-state index is 0.000229. The van der Waals surface area contributed by atoms with Crippen LogP contribution in [0, 0.1) is 0 Å². The summed E-state index contributed by atoms with van der Waals surface area (Å²) in [7, 11) is 2.07. The van der Waals surface area contributed by atoms with Crippen molar-refractivity contribution in [2.45, 2.75) is 6.92 Å². The molecule has 1 aromatic heterocycles. The first-order valence-electron chi connectivity index (χ1n) is 5.76. The number of carbonyl (C=O) groups excluding carboxylic acids is 1. The summed E-state index contributed by atoms with van der Waals surface area (Å²) in [6.07, 6.45) is 0. The molecule has 0 aromatic carbocycles. The van der Waals surface area contributed by atoms with E-state index < -0.39 is 0 Å². The summed E-state index contributed by atoms with van der Waals surface area (Å²) < 4.78 is 0. The van der Waals surface area contributed by atoms with E-state index >= 15 is 0 Å². The van der Waals surface area contributed by atoms with Crippen molar-refractivity contribution in [2.75, 3.05) is 45.1 Å². The van der Waals surface area contributed by atoms with Gasteiger partial charge in [-0.05, 0) is 14.0 Å². The first-order chi connectivity index (χ1) is 8.20. The fourth-order valence-corrected chi connectivity index (χ4v) is 2.46. The molecule has 0 bridgehead atoms. The maximum Gasteiger partial charge on any atom is 0.284 e. The minimum Gasteiger partial charge on any atom is -0.360 e. The van der Waals surface area contributed by atoms with Gasteiger partial charge in [0.1, 0.15) is 0 Å². The van der Waals surface area contributed by atoms with Gasteiger partial charge in [0.25, 0.3) is 5.91 Å². The summed E-state index contributed by atoms with van der Waals surface area (Å²) >= 11 is 1.32. The van der Waals surface area contributed by atoms with Crippen molar-refractivity contribution in [1.82, 2.24) is 20.0 Å². The molecule has 1 N–H and O–H groups in total. The highest BCUT2D eigenvalue weighted by atomic mass is 32.1. The Kier molecular flexibility index (Phi) is 3.90. The molecule has 0 spiro atoms. The van der Waals surface area contributed by atoms with Crippen LogP contribution in [0.15, 0.2) is 0 Å². The van der Waals surface area contributed by atoms with Gasteiger partial charge in [0.2, 0.25) is 10.1 Å². The lowest BCUT2D eigenvalue weighted by Gasteiger charge is -2.31. The Morgan fingerprint density at radius 1 is 1.35 bits per heavy atom. The highest BCUT2D eigenvalue weighted by molar-refractivity contribution is 7.17. The number of piperazine rings is 1. The Morgan fingerprint density at radius 3 is 2.71 bits per heavy atom. The monoisotopic (exact) mass is 255 g/mol. The molecule has 1 aliphatic rings. The molecule has 1 saturated heterocycles. The van der Waals surface area contributed by atoms with Crippen molar-refractivity contribution in [3.63, 3.8) is 0 Å². The van der Waals surface area contributed by atoms with Crippen LogP contribution in [0.25, 0.3) is 0 Å². The predicted molar refractivity (Wildman–Crippen MR) is 67.5 cm³/mol. The SMILES string of the molecule is CCNc1nnc(C(=O)N2CCN(C)CC2)s1. The smallest absolute Gasteiger partial charge is 0.284 e. The highest BCUT2D eigenvalue weighted by Gasteiger charge is 2.23. The van der Waals surface area contributed by atoms with E-state index in [-0.39, 0.29) is 5.91 Å². The van der Waals surface area contributed by atoms with Crippen molar-refractivity contribution in [3.05, 3.63) is 5.01 Å². The number of aromatic nitrogens is 2. The van der Waals surface area contributed by atoms with E-state index in [9.17, 15) is 4.79 Å². The number of nitrogens with one attached hydrogen (secondary N) is 1. The quantitative estimate of drug-likeness (QED) is 0.845. The molecule has 94 valence electrons. The lowest BCUT2D eigenvalue weighted by Crippen LogP contribution is -2.47. The molecule has 2 rings (SSSR count). The van der Waals surface area contributed by atoms with Gasteiger partial charge in [-0.2, -0.15) is 0 Å². The van der Waals surface area contributed by atoms with E-state index in [1.54, 1.807) is 0 Å². The van der Waals surface area contributed by atoms with E-state index in [4.69, 9.17) is 0 Å². The van der Waals surface area contributed by atoms with Crippen LogP contribution in [0.2, 0.25) is 0 Å². The Labute approximate surface area is 105 Å². The number of hydrogen-bond donors (Lipinski definition) is 1. The Hall–Kier alpha value is -1.21. The lowest BCUT2D eigenvalue weighted by molar-refractivity contribution is 0.0663. The van der Waals surface area contributed by atoms with Gasteiger partial charge in [0, 0.05) is 32.7 Å². The van der Waals surface area contributed by atoms with Crippen LogP contribution in [-0.2, 0) is 0 Å². The number of carbonyl (C=O) groups is 1. The average Bonchev–Trinajstić information content (AvgIpc) is 2.78. The molecule has 0 radical (unpaired) electrons. The molecular formula is C10H17N5OS. The van der Waals surface area contributed by atoms with Gasteiger partial charge >= 0.3 is 0 Å². The molecular weight excluding hydrogens is 238 g/mol. The summed E-state index contributed by atoms with van der Waals surface area (Å²) in [5, 5.41) is 12.1. The Balaban J connectivity index is 1.98. The van der Waals surface area contributed by atoms with Gasteiger partial charge in [-0.25, -0.2) is 0 Å². The van der Waals surface area contributed by atoms with Gasteiger partial charge in [-0.3, -0.25) is 4.79 Å². The van der Waals surface area contributed by atoms with Crippen LogP contribution < -0.4 is 5.32 Å². The molecule has 1 amide bonds. The topological polar surface area (TPSA) is 61.4 Å². The number of amides is 1. The van der Waals surface area contributed by atoms with Crippen molar-refractivity contribution in [3.8, 4) is 0 Å². The lowest BCUT2D eigenvalue weighted by atomic mass is 10.3. The van der Waals surface area contributed by atoms with E-state index in [0.29, 0.717) is 10.1 Å². The van der Waals surface area contributed by atoms with E-state index in [1.165, 1.54) is 11.3 Å². The zero-order valence-electron chi connectivity index (χ0n) is 10.1. The van der Waals surface area contributed by atoms with Gasteiger partial charge < -0.3 is 15.1 Å². The molecule has 1 aliphatic heterocycles. The standard InChI is InChI=1S/C10H17N5OS/c1-3-11-10-13-12-8(17-10)9(16)15-6-4-14(2)5-7-15/h3-7H2,1-2H3,(H,11,13). The Morgan fingerprint density at radius 2 is 2.06 bits per heavy atom. The van der Waals surface area contributed by atoms with Crippen LogP contribution in [-0.4, -0.2) is 65.7 Å². The zero-order valence-corrected chi connectivity index (χ0v) is 11.0. The van der Waals surface area contributed by atoms with Crippen LogP contribution in [0.3, 0.4) is 0 Å². The van der Waals surface area contributed by atoms with Crippen LogP contribution in [0.4, 0.5) is 5.13 Å². The van der Waals surface area contributed by atoms with Crippen molar-refractivity contribution < 1.29 is 4.79 Å². The molecule has 0 aliphatic carbocycles. The van der Waals surface area contributed by atoms with E-state index in [2.05, 4.69) is 27.5 Å². The van der Waals surface area contributed by atoms with Gasteiger partial charge in [0.05, 0.1) is 0 Å². The third-order valence-electron chi connectivity index (χ3n) is 2.73. The van der Waals surface area contributed by atoms with Crippen molar-refractivity contribution in [2.24, 2.45) is 0 Å². The molecule has 7 heteroatoms. The van der Waals surface area contributed by atoms with Crippen LogP contribution >= 0.6 is 11.3 Å². The fourth-order valence-electron chi connectivity index (χ4n) is 1.68. The second kappa shape index (κ2) is 5.42. The average molecular weight is 255 g/mol. The minimum atomic E-state index is -0.000229. The molecule has 2 heterocycles. The maximum atomic E-state index is 12.1. The second-order valence-corrected chi connectivity index (χ2v) is 5.02. The normalized spacial score (nSPS) is 17.2. The van der Waals surface area contributed by atoms with Crippen LogP contribution in [0.1, 0.15) is 16.7 Å². The molecule has 17 heavy (non-hydrogen) atoms. The predicted octanol–water partition coefficient (Wildman–Crippen LogP) is 0.357. The number of hydrogen-bond acceptors (Lipinski definition) is 6. The highest BCUT2D eigenvalue weighted by Crippen LogP contribution is 2.17. The number of nitrogens with zero attached hydrogens (tertiary/aromatic N) is 4. The molecule has 1 fully saturated rings. The molecule has 0 saturated carbocycles. The first kappa shape index (κ1) is 12.3. The number of anilines is 1. The summed E-state index contributed by atoms with van der Waals surface area (Å²) in [6.45, 7) is 6.16. The third-order valence-corrected chi connectivity index (χ3v) is 3.60. The van der Waals surface area contributed by atoms with Crippen LogP contribution in [0.5, 0.6) is 0 Å². The van der Waals surface area contributed by atoms with Crippen molar-refractivity contribution >= 4 is 22.4 Å². The molecule has 0 unspecified atom stereocenters. The van der Waals surface area contributed by atoms with Gasteiger partial charge in [-0.15, -0.1) is 10.2 Å². The second-order valence-electron chi connectivity index (χ2n) is 4.04. The van der Waals surface area contributed by atoms with E-state index in [0.717, 1.165) is 32.7 Å². The van der Waals surface area contributed by atoms with Gasteiger partial charge in [-0.1, -0.05) is 11.3 Å². The largest absolute Gasteiger partial charge is 0.360 e. The summed E-state index contributed by atoms with van der Waals surface area (Å²) in [6, 6.07) is 0. The fraction of sp³-hybridized carbons (Fsp3) is 0.700. The molecule has 0 atom stereocenters. The summed E-state index contributed by atoms with van der Waals surface area (Å²) in [4.78, 5) is 16.2. The van der Waals surface area contributed by atoms with Gasteiger partial charge in [0.15, 0.2) is 0 Å². The third kappa shape index (κ3) is 2.92. The Bertz CT molecular complexity index is 386. The maximum absolute atomic E-state index is 12.1. The zero-order chi connectivity index (χ0) is 12.3. The van der Waals surface area contributed by atoms with Crippen molar-refractivity contribution in [1.29, 1.82) is 0 Å². The summed E-state index contributed by atoms with van der Waals surface area (Å²) in [5.74, 6) is -0.000229.